The third kappa shape index (κ3) is 4.16. The van der Waals surface area contributed by atoms with Gasteiger partial charge in [-0.05, 0) is 51.0 Å². The topological polar surface area (TPSA) is 124 Å². The molecule has 2 aromatic rings. The van der Waals surface area contributed by atoms with E-state index in [9.17, 15) is 19.2 Å². The zero-order chi connectivity index (χ0) is 23.6. The van der Waals surface area contributed by atoms with Crippen molar-refractivity contribution in [2.75, 3.05) is 20.3 Å². The molecule has 0 saturated carbocycles. The van der Waals surface area contributed by atoms with Gasteiger partial charge >= 0.3 is 6.03 Å². The molecule has 9 heteroatoms. The number of ether oxygens (including phenoxy) is 1. The second-order valence-corrected chi connectivity index (χ2v) is 8.10. The number of benzene rings is 1. The normalized spacial score (nSPS) is 18.2. The summed E-state index contributed by atoms with van der Waals surface area (Å²) >= 11 is 0. The molecule has 1 saturated heterocycles. The second kappa shape index (κ2) is 8.96. The Hall–Kier alpha value is -3.46. The Morgan fingerprint density at radius 3 is 2.56 bits per heavy atom. The molecule has 1 atom stereocenters. The number of primary amides is 1. The quantitative estimate of drug-likeness (QED) is 0.350. The zero-order valence-corrected chi connectivity index (χ0v) is 18.7. The fourth-order valence-corrected chi connectivity index (χ4v) is 4.04. The first-order chi connectivity index (χ1) is 15.1. The number of methoxy groups -OCH3 is 1. The number of urea groups is 1. The van der Waals surface area contributed by atoms with Gasteiger partial charge in [-0.1, -0.05) is 12.1 Å². The highest BCUT2D eigenvalue weighted by atomic mass is 16.5. The van der Waals surface area contributed by atoms with Gasteiger partial charge in [0.1, 0.15) is 5.54 Å². The molecule has 32 heavy (non-hydrogen) atoms. The van der Waals surface area contributed by atoms with E-state index < -0.39 is 23.4 Å². The summed E-state index contributed by atoms with van der Waals surface area (Å²) in [4.78, 5) is 51.2. The third-order valence-electron chi connectivity index (χ3n) is 5.91. The molecule has 2 heterocycles. The van der Waals surface area contributed by atoms with Crippen molar-refractivity contribution in [3.8, 4) is 0 Å². The predicted octanol–water partition coefficient (Wildman–Crippen LogP) is 1.89. The molecule has 1 aromatic heterocycles. The van der Waals surface area contributed by atoms with Gasteiger partial charge in [-0.25, -0.2) is 4.79 Å². The van der Waals surface area contributed by atoms with Gasteiger partial charge in [-0.3, -0.25) is 19.3 Å². The Bertz CT molecular complexity index is 1090. The van der Waals surface area contributed by atoms with E-state index in [1.807, 2.05) is 18.4 Å². The van der Waals surface area contributed by atoms with Crippen LogP contribution in [0.25, 0.3) is 0 Å². The largest absolute Gasteiger partial charge is 0.385 e. The molecule has 4 amide bonds. The van der Waals surface area contributed by atoms with Crippen LogP contribution >= 0.6 is 0 Å². The monoisotopic (exact) mass is 440 g/mol. The van der Waals surface area contributed by atoms with Gasteiger partial charge in [-0.2, -0.15) is 0 Å². The molecule has 1 aliphatic heterocycles. The molecule has 1 fully saturated rings. The smallest absolute Gasteiger partial charge is 0.325 e. The molecule has 0 aliphatic carbocycles. The number of amides is 4. The molecule has 1 aromatic carbocycles. The highest BCUT2D eigenvalue weighted by molar-refractivity contribution is 6.11. The average molecular weight is 441 g/mol. The van der Waals surface area contributed by atoms with Crippen LogP contribution in [0.15, 0.2) is 30.3 Å². The number of nitrogens with one attached hydrogen (secondary N) is 1. The molecule has 0 bridgehead atoms. The van der Waals surface area contributed by atoms with Crippen LogP contribution in [0.3, 0.4) is 0 Å². The van der Waals surface area contributed by atoms with E-state index in [1.54, 1.807) is 32.2 Å². The van der Waals surface area contributed by atoms with Crippen molar-refractivity contribution in [2.24, 2.45) is 5.73 Å². The van der Waals surface area contributed by atoms with Gasteiger partial charge in [0.2, 0.25) is 5.91 Å². The minimum Gasteiger partial charge on any atom is -0.385 e. The highest BCUT2D eigenvalue weighted by Crippen LogP contribution is 2.30. The van der Waals surface area contributed by atoms with E-state index in [0.717, 1.165) is 22.7 Å². The van der Waals surface area contributed by atoms with Gasteiger partial charge in [0.05, 0.1) is 6.54 Å². The first-order valence-electron chi connectivity index (χ1n) is 10.3. The van der Waals surface area contributed by atoms with Crippen LogP contribution < -0.4 is 11.1 Å². The second-order valence-electron chi connectivity index (χ2n) is 8.10. The van der Waals surface area contributed by atoms with Crippen LogP contribution in [0.5, 0.6) is 0 Å². The first kappa shape index (κ1) is 23.2. The number of ketones is 1. The lowest BCUT2D eigenvalue weighted by Gasteiger charge is -2.22. The number of rotatable bonds is 9. The van der Waals surface area contributed by atoms with Crippen LogP contribution in [0.2, 0.25) is 0 Å². The summed E-state index contributed by atoms with van der Waals surface area (Å²) in [6.07, 6.45) is 0.802. The van der Waals surface area contributed by atoms with Crippen molar-refractivity contribution in [1.29, 1.82) is 0 Å². The molecular weight excluding hydrogens is 412 g/mol. The van der Waals surface area contributed by atoms with Crippen LogP contribution in [0.4, 0.5) is 4.79 Å². The number of hydrogen-bond donors (Lipinski definition) is 2. The van der Waals surface area contributed by atoms with Crippen LogP contribution in [-0.4, -0.2) is 53.4 Å². The summed E-state index contributed by atoms with van der Waals surface area (Å²) in [6, 6.07) is 7.33. The fourth-order valence-electron chi connectivity index (χ4n) is 4.04. The zero-order valence-electron chi connectivity index (χ0n) is 18.7. The van der Waals surface area contributed by atoms with Gasteiger partial charge in [0.15, 0.2) is 5.78 Å². The van der Waals surface area contributed by atoms with Crippen molar-refractivity contribution >= 4 is 23.6 Å². The van der Waals surface area contributed by atoms with E-state index in [2.05, 4.69) is 5.32 Å². The summed E-state index contributed by atoms with van der Waals surface area (Å²) in [7, 11) is 1.64. The lowest BCUT2D eigenvalue weighted by Crippen LogP contribution is -2.41. The summed E-state index contributed by atoms with van der Waals surface area (Å²) in [6.45, 7) is 6.23. The number of Topliss-reactive ketones (excluding diaryl/α,β-unsaturated/α-hetero) is 1. The standard InChI is InChI=1S/C23H28N4O5/c1-14-11-18(15(2)26(14)9-6-10-32-4)19(28)13-27-21(30)23(3,25-22(27)31)17-8-5-7-16(12-17)20(24)29/h5,7-8,11-12H,6,9-10,13H2,1-4H3,(H2,24,29)(H,25,31). The third-order valence-corrected chi connectivity index (χ3v) is 5.91. The minimum absolute atomic E-state index is 0.223. The summed E-state index contributed by atoms with van der Waals surface area (Å²) in [5, 5.41) is 2.65. The lowest BCUT2D eigenvalue weighted by molar-refractivity contribution is -0.130. The summed E-state index contributed by atoms with van der Waals surface area (Å²) in [5.41, 5.74) is 6.76. The van der Waals surface area contributed by atoms with Gasteiger partial charge < -0.3 is 20.4 Å². The maximum absolute atomic E-state index is 13.2. The lowest BCUT2D eigenvalue weighted by atomic mass is 9.90. The van der Waals surface area contributed by atoms with Gasteiger partial charge in [0, 0.05) is 42.8 Å². The first-order valence-corrected chi connectivity index (χ1v) is 10.3. The minimum atomic E-state index is -1.40. The van der Waals surface area contributed by atoms with Crippen LogP contribution in [-0.2, 0) is 21.6 Å². The van der Waals surface area contributed by atoms with Crippen molar-refractivity contribution in [3.05, 3.63) is 58.4 Å². The van der Waals surface area contributed by atoms with Crippen molar-refractivity contribution in [2.45, 2.75) is 39.3 Å². The molecule has 3 N–H and O–H groups in total. The Balaban J connectivity index is 1.82. The summed E-state index contributed by atoms with van der Waals surface area (Å²) < 4.78 is 7.12. The average Bonchev–Trinajstić information content (AvgIpc) is 3.16. The van der Waals surface area contributed by atoms with Gasteiger partial charge in [-0.15, -0.1) is 0 Å². The van der Waals surface area contributed by atoms with Gasteiger partial charge in [0.25, 0.3) is 5.91 Å². The maximum Gasteiger partial charge on any atom is 0.325 e. The van der Waals surface area contributed by atoms with E-state index in [4.69, 9.17) is 10.5 Å². The highest BCUT2D eigenvalue weighted by Gasteiger charge is 2.49. The maximum atomic E-state index is 13.2. The Morgan fingerprint density at radius 1 is 1.19 bits per heavy atom. The number of carbonyl (C=O) groups excluding carboxylic acids is 4. The van der Waals surface area contributed by atoms with Crippen molar-refractivity contribution in [1.82, 2.24) is 14.8 Å². The molecule has 0 radical (unpaired) electrons. The van der Waals surface area contributed by atoms with E-state index in [-0.39, 0.29) is 17.9 Å². The molecule has 0 spiro atoms. The van der Waals surface area contributed by atoms with Crippen molar-refractivity contribution in [3.63, 3.8) is 0 Å². The molecule has 170 valence electrons. The van der Waals surface area contributed by atoms with Crippen molar-refractivity contribution < 1.29 is 23.9 Å². The molecule has 1 aliphatic rings. The number of aromatic nitrogens is 1. The SMILES string of the molecule is COCCCn1c(C)cc(C(=O)CN2C(=O)NC(C)(c3cccc(C(N)=O)c3)C2=O)c1C. The van der Waals surface area contributed by atoms with E-state index >= 15 is 0 Å². The number of imide groups is 1. The van der Waals surface area contributed by atoms with Crippen LogP contribution in [0, 0.1) is 13.8 Å². The van der Waals surface area contributed by atoms with E-state index in [0.29, 0.717) is 24.3 Å². The molecular formula is C23H28N4O5. The molecule has 9 nitrogen and oxygen atoms in total. The number of carbonyl (C=O) groups is 4. The Morgan fingerprint density at radius 2 is 1.91 bits per heavy atom. The number of aryl methyl sites for hydroxylation is 1. The van der Waals surface area contributed by atoms with E-state index in [1.165, 1.54) is 12.1 Å². The summed E-state index contributed by atoms with van der Waals surface area (Å²) in [5.74, 6) is -1.53. The number of hydrogen-bond acceptors (Lipinski definition) is 5. The fraction of sp³-hybridized carbons (Fsp3) is 0.391. The van der Waals surface area contributed by atoms with Crippen LogP contribution in [0.1, 0.15) is 51.0 Å². The predicted molar refractivity (Wildman–Crippen MR) is 117 cm³/mol. The Kier molecular flexibility index (Phi) is 6.50. The Labute approximate surface area is 186 Å². The number of nitrogens with zero attached hydrogens (tertiary/aromatic N) is 2. The number of nitrogens with two attached hydrogens (primary N) is 1. The molecule has 1 unspecified atom stereocenters. The molecule has 3 rings (SSSR count).